The van der Waals surface area contributed by atoms with E-state index in [-0.39, 0.29) is 17.5 Å². The largest absolute Gasteiger partial charge is 0.380 e. The molecule has 0 aliphatic heterocycles. The van der Waals surface area contributed by atoms with Gasteiger partial charge in [-0.25, -0.2) is 4.98 Å². The molecule has 2 amide bonds. The van der Waals surface area contributed by atoms with E-state index >= 15 is 0 Å². The third-order valence-electron chi connectivity index (χ3n) is 6.55. The Morgan fingerprint density at radius 3 is 2.83 bits per heavy atom. The topological polar surface area (TPSA) is 84.7 Å². The Hall–Kier alpha value is -2.41. The molecule has 0 aromatic carbocycles. The molecule has 2 aromatic rings. The van der Waals surface area contributed by atoms with Gasteiger partial charge in [0.25, 0.3) is 11.8 Å². The maximum atomic E-state index is 12.9. The zero-order valence-electron chi connectivity index (χ0n) is 18.5. The van der Waals surface area contributed by atoms with E-state index in [0.29, 0.717) is 54.9 Å². The normalized spacial score (nSPS) is 20.8. The zero-order valence-corrected chi connectivity index (χ0v) is 18.5. The van der Waals surface area contributed by atoms with Crippen LogP contribution >= 0.6 is 0 Å². The van der Waals surface area contributed by atoms with E-state index in [2.05, 4.69) is 36.4 Å². The van der Waals surface area contributed by atoms with Gasteiger partial charge in [0.05, 0.1) is 6.61 Å². The summed E-state index contributed by atoms with van der Waals surface area (Å²) in [5.41, 5.74) is 1.65. The van der Waals surface area contributed by atoms with Gasteiger partial charge in [0.1, 0.15) is 17.0 Å². The third-order valence-corrected chi connectivity index (χ3v) is 6.55. The van der Waals surface area contributed by atoms with E-state index in [1.807, 2.05) is 6.92 Å². The number of fused-ring (bicyclic) bond motifs is 1. The smallest absolute Gasteiger partial charge is 0.271 e. The second-order valence-electron chi connectivity index (χ2n) is 8.86. The molecule has 1 saturated carbocycles. The van der Waals surface area contributed by atoms with Gasteiger partial charge in [0.15, 0.2) is 0 Å². The van der Waals surface area contributed by atoms with Crippen molar-refractivity contribution in [3.05, 3.63) is 35.8 Å². The number of nitrogens with zero attached hydrogens (tertiary/aromatic N) is 2. The molecule has 2 N–H and O–H groups in total. The lowest BCUT2D eigenvalue weighted by molar-refractivity contribution is 0.0785. The zero-order chi connectivity index (χ0) is 21.7. The van der Waals surface area contributed by atoms with E-state index < -0.39 is 0 Å². The van der Waals surface area contributed by atoms with Crippen molar-refractivity contribution >= 4 is 17.5 Å². The van der Waals surface area contributed by atoms with Crippen LogP contribution in [-0.4, -0.2) is 47.5 Å². The highest BCUT2D eigenvalue weighted by atomic mass is 16.5. The molecule has 30 heavy (non-hydrogen) atoms. The molecule has 1 aliphatic carbocycles. The minimum Gasteiger partial charge on any atom is -0.380 e. The quantitative estimate of drug-likeness (QED) is 0.649. The summed E-state index contributed by atoms with van der Waals surface area (Å²) >= 11 is 0. The number of aromatic nitrogens is 2. The SMILES string of the molecule is CCOCCNC(=O)c1cn2c(C(=O)NCC3CCCC(C)(C)C3C)cccc2n1. The van der Waals surface area contributed by atoms with Gasteiger partial charge >= 0.3 is 0 Å². The lowest BCUT2D eigenvalue weighted by atomic mass is 9.64. The van der Waals surface area contributed by atoms with Crippen molar-refractivity contribution in [1.82, 2.24) is 20.0 Å². The van der Waals surface area contributed by atoms with Gasteiger partial charge in [0.2, 0.25) is 0 Å². The van der Waals surface area contributed by atoms with Crippen LogP contribution in [0.15, 0.2) is 24.4 Å². The number of imidazole rings is 1. The first-order valence-electron chi connectivity index (χ1n) is 11.0. The number of rotatable bonds is 8. The van der Waals surface area contributed by atoms with Crippen LogP contribution in [0.25, 0.3) is 5.65 Å². The minimum atomic E-state index is -0.275. The number of carbonyl (C=O) groups excluding carboxylic acids is 2. The molecule has 7 heteroatoms. The fraction of sp³-hybridized carbons (Fsp3) is 0.609. The standard InChI is InChI=1S/C23H34N4O3/c1-5-30-13-12-24-21(28)18-15-27-19(9-6-10-20(27)26-18)22(29)25-14-17-8-7-11-23(3,4)16(17)2/h6,9-10,15-17H,5,7-8,11-14H2,1-4H3,(H,24,28)(H,25,29). The maximum Gasteiger partial charge on any atom is 0.271 e. The van der Waals surface area contributed by atoms with Crippen LogP contribution in [0.4, 0.5) is 0 Å². The highest BCUT2D eigenvalue weighted by molar-refractivity contribution is 5.95. The van der Waals surface area contributed by atoms with Gasteiger partial charge in [-0.2, -0.15) is 0 Å². The van der Waals surface area contributed by atoms with Crippen LogP contribution in [0.2, 0.25) is 0 Å². The summed E-state index contributed by atoms with van der Waals surface area (Å²) in [6.07, 6.45) is 5.21. The summed E-state index contributed by atoms with van der Waals surface area (Å²) in [6, 6.07) is 5.34. The van der Waals surface area contributed by atoms with E-state index in [9.17, 15) is 9.59 Å². The fourth-order valence-corrected chi connectivity index (χ4v) is 4.31. The molecular formula is C23H34N4O3. The number of ether oxygens (including phenoxy) is 1. The predicted octanol–water partition coefficient (Wildman–Crippen LogP) is 3.29. The second kappa shape index (κ2) is 9.60. The first kappa shape index (κ1) is 22.3. The fourth-order valence-electron chi connectivity index (χ4n) is 4.31. The van der Waals surface area contributed by atoms with Crippen molar-refractivity contribution in [3.63, 3.8) is 0 Å². The van der Waals surface area contributed by atoms with Crippen LogP contribution in [0.5, 0.6) is 0 Å². The van der Waals surface area contributed by atoms with Gasteiger partial charge in [-0.1, -0.05) is 33.3 Å². The molecule has 0 bridgehead atoms. The molecular weight excluding hydrogens is 380 g/mol. The minimum absolute atomic E-state index is 0.142. The van der Waals surface area contributed by atoms with Crippen molar-refractivity contribution in [1.29, 1.82) is 0 Å². The van der Waals surface area contributed by atoms with E-state index in [1.165, 1.54) is 12.8 Å². The highest BCUT2D eigenvalue weighted by Crippen LogP contribution is 2.43. The Morgan fingerprint density at radius 2 is 2.07 bits per heavy atom. The van der Waals surface area contributed by atoms with E-state index in [1.54, 1.807) is 28.8 Å². The van der Waals surface area contributed by atoms with Crippen molar-refractivity contribution in [2.75, 3.05) is 26.3 Å². The number of carbonyl (C=O) groups is 2. The summed E-state index contributed by atoms with van der Waals surface area (Å²) in [6.45, 7) is 11.0. The highest BCUT2D eigenvalue weighted by Gasteiger charge is 2.35. The number of hydrogen-bond donors (Lipinski definition) is 2. The summed E-state index contributed by atoms with van der Waals surface area (Å²) in [5, 5.41) is 5.89. The Morgan fingerprint density at radius 1 is 1.27 bits per heavy atom. The molecule has 2 aromatic heterocycles. The summed E-state index contributed by atoms with van der Waals surface area (Å²) in [4.78, 5) is 29.6. The summed E-state index contributed by atoms with van der Waals surface area (Å²) in [7, 11) is 0. The van der Waals surface area contributed by atoms with Crippen LogP contribution in [0.1, 0.15) is 67.9 Å². The van der Waals surface area contributed by atoms with Crippen molar-refractivity contribution < 1.29 is 14.3 Å². The van der Waals surface area contributed by atoms with Crippen molar-refractivity contribution in [3.8, 4) is 0 Å². The van der Waals surface area contributed by atoms with Crippen LogP contribution in [-0.2, 0) is 4.74 Å². The molecule has 0 radical (unpaired) electrons. The summed E-state index contributed by atoms with van der Waals surface area (Å²) < 4.78 is 6.91. The average molecular weight is 415 g/mol. The van der Waals surface area contributed by atoms with E-state index in [0.717, 1.165) is 6.42 Å². The average Bonchev–Trinajstić information content (AvgIpc) is 3.16. The lowest BCUT2D eigenvalue weighted by Gasteiger charge is -2.42. The maximum absolute atomic E-state index is 12.9. The molecule has 164 valence electrons. The molecule has 2 atom stereocenters. The van der Waals surface area contributed by atoms with E-state index in [4.69, 9.17) is 4.74 Å². The van der Waals surface area contributed by atoms with Gasteiger partial charge in [-0.3, -0.25) is 14.0 Å². The van der Waals surface area contributed by atoms with Crippen LogP contribution in [0, 0.1) is 17.3 Å². The summed E-state index contributed by atoms with van der Waals surface area (Å²) in [5.74, 6) is 0.619. The monoisotopic (exact) mass is 414 g/mol. The Bertz CT molecular complexity index is 890. The number of pyridine rings is 1. The molecule has 7 nitrogen and oxygen atoms in total. The first-order valence-corrected chi connectivity index (χ1v) is 11.0. The number of amides is 2. The lowest BCUT2D eigenvalue weighted by Crippen LogP contribution is -2.40. The first-order chi connectivity index (χ1) is 14.3. The van der Waals surface area contributed by atoms with Gasteiger partial charge in [-0.05, 0) is 49.1 Å². The van der Waals surface area contributed by atoms with Gasteiger partial charge in [0, 0.05) is 25.9 Å². The molecule has 1 fully saturated rings. The molecule has 0 spiro atoms. The van der Waals surface area contributed by atoms with Gasteiger partial charge in [-0.15, -0.1) is 0 Å². The van der Waals surface area contributed by atoms with Crippen LogP contribution < -0.4 is 10.6 Å². The Balaban J connectivity index is 1.67. The van der Waals surface area contributed by atoms with Gasteiger partial charge < -0.3 is 15.4 Å². The Kier molecular flexibility index (Phi) is 7.13. The second-order valence-corrected chi connectivity index (χ2v) is 8.86. The predicted molar refractivity (Wildman–Crippen MR) is 117 cm³/mol. The Labute approximate surface area is 178 Å². The number of nitrogens with one attached hydrogen (secondary N) is 2. The van der Waals surface area contributed by atoms with Crippen molar-refractivity contribution in [2.45, 2.75) is 47.0 Å². The molecule has 3 rings (SSSR count). The van der Waals surface area contributed by atoms with Crippen LogP contribution in [0.3, 0.4) is 0 Å². The molecule has 2 heterocycles. The van der Waals surface area contributed by atoms with Crippen molar-refractivity contribution in [2.24, 2.45) is 17.3 Å². The third kappa shape index (κ3) is 5.01. The molecule has 1 aliphatic rings. The molecule has 2 unspecified atom stereocenters. The number of hydrogen-bond acceptors (Lipinski definition) is 4. The molecule has 0 saturated heterocycles.